The lowest BCUT2D eigenvalue weighted by Gasteiger charge is -2.15. The average molecular weight is 236 g/mol. The van der Waals surface area contributed by atoms with Crippen LogP contribution in [0.4, 0.5) is 0 Å². The molecule has 0 amide bonds. The first kappa shape index (κ1) is 10.4. The van der Waals surface area contributed by atoms with Gasteiger partial charge in [0.15, 0.2) is 17.4 Å². The third-order valence-corrected chi connectivity index (χ3v) is 2.82. The van der Waals surface area contributed by atoms with Crippen molar-refractivity contribution >= 4 is 11.2 Å². The predicted molar refractivity (Wildman–Crippen MR) is 57.5 cm³/mol. The lowest BCUT2D eigenvalue weighted by Crippen LogP contribution is -2.19. The summed E-state index contributed by atoms with van der Waals surface area (Å²) in [6, 6.07) is 0. The first-order valence-corrected chi connectivity index (χ1v) is 5.32. The Hall–Kier alpha value is -1.73. The lowest BCUT2D eigenvalue weighted by atomic mass is 10.3. The van der Waals surface area contributed by atoms with E-state index in [1.54, 1.807) is 10.9 Å². The Balaban J connectivity index is 2.12. The molecule has 0 bridgehead atoms. The van der Waals surface area contributed by atoms with Crippen LogP contribution in [0, 0.1) is 0 Å². The highest BCUT2D eigenvalue weighted by molar-refractivity contribution is 5.75. The standard InChI is InChI=1S/C10H12N4O3/c1-16-9-7-8(11-4-12-9)14(5-13-7)10-6(15)2-3-17-10/h4-6,10,15H,2-3H2,1H3. The Bertz CT molecular complexity index is 541. The molecule has 3 heterocycles. The van der Waals surface area contributed by atoms with E-state index in [9.17, 15) is 5.11 Å². The summed E-state index contributed by atoms with van der Waals surface area (Å²) in [6.45, 7) is 0.535. The fraction of sp³-hybridized carbons (Fsp3) is 0.500. The fourth-order valence-corrected chi connectivity index (χ4v) is 1.99. The number of hydrogen-bond donors (Lipinski definition) is 1. The van der Waals surface area contributed by atoms with E-state index in [0.717, 1.165) is 0 Å². The molecular formula is C10H12N4O3. The van der Waals surface area contributed by atoms with Gasteiger partial charge in [0.2, 0.25) is 5.88 Å². The molecule has 1 aliphatic rings. The van der Waals surface area contributed by atoms with Crippen LogP contribution in [0.2, 0.25) is 0 Å². The molecule has 0 aliphatic carbocycles. The Morgan fingerprint density at radius 3 is 3.06 bits per heavy atom. The van der Waals surface area contributed by atoms with Gasteiger partial charge in [-0.1, -0.05) is 0 Å². The second-order valence-corrected chi connectivity index (χ2v) is 3.82. The van der Waals surface area contributed by atoms with Crippen LogP contribution in [0.25, 0.3) is 11.2 Å². The SMILES string of the molecule is COc1ncnc2c1ncn2C1OCCC1O. The van der Waals surface area contributed by atoms with Crippen molar-refractivity contribution in [2.24, 2.45) is 0 Å². The maximum Gasteiger partial charge on any atom is 0.245 e. The maximum atomic E-state index is 9.80. The molecular weight excluding hydrogens is 224 g/mol. The molecule has 1 aliphatic heterocycles. The highest BCUT2D eigenvalue weighted by atomic mass is 16.5. The van der Waals surface area contributed by atoms with Crippen molar-refractivity contribution in [3.63, 3.8) is 0 Å². The summed E-state index contributed by atoms with van der Waals surface area (Å²) < 4.78 is 12.3. The molecule has 0 radical (unpaired) electrons. The van der Waals surface area contributed by atoms with Crippen molar-refractivity contribution in [3.8, 4) is 5.88 Å². The smallest absolute Gasteiger partial charge is 0.245 e. The van der Waals surface area contributed by atoms with E-state index >= 15 is 0 Å². The van der Waals surface area contributed by atoms with Crippen molar-refractivity contribution in [2.75, 3.05) is 13.7 Å². The van der Waals surface area contributed by atoms with Crippen LogP contribution in [-0.4, -0.2) is 44.4 Å². The van der Waals surface area contributed by atoms with Crippen LogP contribution in [0.1, 0.15) is 12.6 Å². The highest BCUT2D eigenvalue weighted by Gasteiger charge is 2.29. The van der Waals surface area contributed by atoms with Gasteiger partial charge in [-0.25, -0.2) is 9.97 Å². The fourth-order valence-electron chi connectivity index (χ4n) is 1.99. The Labute approximate surface area is 97.0 Å². The molecule has 7 nitrogen and oxygen atoms in total. The molecule has 0 saturated carbocycles. The van der Waals surface area contributed by atoms with Gasteiger partial charge in [0.25, 0.3) is 0 Å². The molecule has 2 unspecified atom stereocenters. The second-order valence-electron chi connectivity index (χ2n) is 3.82. The third kappa shape index (κ3) is 1.55. The minimum absolute atomic E-state index is 0.418. The van der Waals surface area contributed by atoms with Gasteiger partial charge in [-0.3, -0.25) is 4.57 Å². The normalized spacial score (nSPS) is 24.4. The van der Waals surface area contributed by atoms with Crippen molar-refractivity contribution in [3.05, 3.63) is 12.7 Å². The quantitative estimate of drug-likeness (QED) is 0.797. The van der Waals surface area contributed by atoms with Crippen LogP contribution < -0.4 is 4.74 Å². The molecule has 2 atom stereocenters. The molecule has 1 fully saturated rings. The van der Waals surface area contributed by atoms with Crippen LogP contribution in [-0.2, 0) is 4.74 Å². The van der Waals surface area contributed by atoms with Gasteiger partial charge in [-0.2, -0.15) is 4.98 Å². The van der Waals surface area contributed by atoms with E-state index in [1.807, 2.05) is 0 Å². The summed E-state index contributed by atoms with van der Waals surface area (Å²) in [5.41, 5.74) is 1.17. The zero-order valence-corrected chi connectivity index (χ0v) is 9.28. The van der Waals surface area contributed by atoms with E-state index in [2.05, 4.69) is 15.0 Å². The number of aliphatic hydroxyl groups excluding tert-OH is 1. The lowest BCUT2D eigenvalue weighted by molar-refractivity contribution is -0.00628. The molecule has 1 saturated heterocycles. The van der Waals surface area contributed by atoms with Crippen LogP contribution in [0.5, 0.6) is 5.88 Å². The molecule has 2 aromatic heterocycles. The number of ether oxygens (including phenoxy) is 2. The zero-order valence-electron chi connectivity index (χ0n) is 9.28. The molecule has 3 rings (SSSR count). The first-order chi connectivity index (χ1) is 8.31. The number of hydrogen-bond acceptors (Lipinski definition) is 6. The molecule has 17 heavy (non-hydrogen) atoms. The van der Waals surface area contributed by atoms with E-state index in [1.165, 1.54) is 13.4 Å². The monoisotopic (exact) mass is 236 g/mol. The van der Waals surface area contributed by atoms with Crippen molar-refractivity contribution in [1.82, 2.24) is 19.5 Å². The van der Waals surface area contributed by atoms with Crippen molar-refractivity contribution in [2.45, 2.75) is 18.8 Å². The van der Waals surface area contributed by atoms with E-state index in [-0.39, 0.29) is 0 Å². The van der Waals surface area contributed by atoms with E-state index in [0.29, 0.717) is 30.1 Å². The van der Waals surface area contributed by atoms with E-state index in [4.69, 9.17) is 9.47 Å². The molecule has 7 heteroatoms. The summed E-state index contributed by atoms with van der Waals surface area (Å²) in [4.78, 5) is 12.3. The van der Waals surface area contributed by atoms with Gasteiger partial charge in [0.1, 0.15) is 12.4 Å². The highest BCUT2D eigenvalue weighted by Crippen LogP contribution is 2.28. The largest absolute Gasteiger partial charge is 0.479 e. The minimum Gasteiger partial charge on any atom is -0.479 e. The zero-order chi connectivity index (χ0) is 11.8. The van der Waals surface area contributed by atoms with Crippen molar-refractivity contribution in [1.29, 1.82) is 0 Å². The predicted octanol–water partition coefficient (Wildman–Crippen LogP) is 0.115. The maximum absolute atomic E-state index is 9.80. The van der Waals surface area contributed by atoms with Crippen molar-refractivity contribution < 1.29 is 14.6 Å². The van der Waals surface area contributed by atoms with Gasteiger partial charge in [-0.15, -0.1) is 0 Å². The van der Waals surface area contributed by atoms with Gasteiger partial charge in [0.05, 0.1) is 20.0 Å². The summed E-state index contributed by atoms with van der Waals surface area (Å²) >= 11 is 0. The average Bonchev–Trinajstić information content (AvgIpc) is 2.94. The first-order valence-electron chi connectivity index (χ1n) is 5.32. The van der Waals surface area contributed by atoms with Gasteiger partial charge < -0.3 is 14.6 Å². The number of aromatic nitrogens is 4. The molecule has 2 aromatic rings. The Morgan fingerprint density at radius 2 is 2.35 bits per heavy atom. The molecule has 90 valence electrons. The molecule has 1 N–H and O–H groups in total. The number of aliphatic hydroxyl groups is 1. The minimum atomic E-state index is -0.534. The Kier molecular flexibility index (Phi) is 2.41. The summed E-state index contributed by atoms with van der Waals surface area (Å²) in [5.74, 6) is 0.418. The third-order valence-electron chi connectivity index (χ3n) is 2.82. The Morgan fingerprint density at radius 1 is 1.47 bits per heavy atom. The second kappa shape index (κ2) is 3.94. The summed E-state index contributed by atoms with van der Waals surface area (Å²) in [7, 11) is 1.53. The number of imidazole rings is 1. The topological polar surface area (TPSA) is 82.3 Å². The van der Waals surface area contributed by atoms with E-state index < -0.39 is 12.3 Å². The van der Waals surface area contributed by atoms with Gasteiger partial charge in [0, 0.05) is 6.42 Å². The molecule has 0 aromatic carbocycles. The summed E-state index contributed by atoms with van der Waals surface area (Å²) in [5, 5.41) is 9.80. The summed E-state index contributed by atoms with van der Waals surface area (Å²) in [6.07, 6.45) is 2.64. The van der Waals surface area contributed by atoms with Gasteiger partial charge >= 0.3 is 0 Å². The van der Waals surface area contributed by atoms with Gasteiger partial charge in [-0.05, 0) is 0 Å². The molecule has 0 spiro atoms. The van der Waals surface area contributed by atoms with Crippen LogP contribution in [0.15, 0.2) is 12.7 Å². The van der Waals surface area contributed by atoms with Crippen LogP contribution in [0.3, 0.4) is 0 Å². The number of methoxy groups -OCH3 is 1. The number of nitrogens with zero attached hydrogens (tertiary/aromatic N) is 4. The number of rotatable bonds is 2. The number of fused-ring (bicyclic) bond motifs is 1. The van der Waals surface area contributed by atoms with Crippen LogP contribution >= 0.6 is 0 Å².